The number of aromatic nitrogens is 8. The number of hydrogen-bond donors (Lipinski definition) is 4. The third-order valence-corrected chi connectivity index (χ3v) is 22.4. The standard InChI is InChI=1S/C54H62N12O4S6/c67-47(35-11-8-30-3-1-2-4-32(30)23-35)55-51-63-59-43(73-51)13-17-71-18-14-44-60-64-52(74-44)56-48(68)36-12-9-31-7-10-34(24-37(31)25-36)40-27-39-26-38(40)28-42(39)50(70)58-54-66-62-46(76-54)16-20-72-19-15-45-61-65-53(75-45)57-49(69)41-22-29-5-6-33(41)21-29/h1-4,7,10,24,29,33,35-36,38-42H,5-6,8-9,11-23,25-28H2,(H,55,63,67)(H,56,64,68)(H,57,65,69)(H,58,66,70). The van der Waals surface area contributed by atoms with Gasteiger partial charge in [0.15, 0.2) is 0 Å². The Hall–Kier alpha value is -4.74. The normalized spacial score (nSPS) is 25.0. The summed E-state index contributed by atoms with van der Waals surface area (Å²) in [6.07, 6.45) is 15.7. The average Bonchev–Trinajstić information content (AvgIpc) is 4.31. The molecule has 0 saturated heterocycles. The zero-order valence-electron chi connectivity index (χ0n) is 42.2. The van der Waals surface area contributed by atoms with Gasteiger partial charge in [0.25, 0.3) is 0 Å². The smallest absolute Gasteiger partial charge is 0.229 e. The Morgan fingerprint density at radius 3 is 1.43 bits per heavy atom. The third kappa shape index (κ3) is 12.3. The van der Waals surface area contributed by atoms with Crippen LogP contribution in [0.2, 0.25) is 0 Å². The van der Waals surface area contributed by atoms with Crippen LogP contribution in [-0.4, -0.2) is 87.4 Å². The van der Waals surface area contributed by atoms with Crippen molar-refractivity contribution >= 4 is 113 Å². The van der Waals surface area contributed by atoms with Crippen molar-refractivity contribution in [1.82, 2.24) is 40.8 Å². The van der Waals surface area contributed by atoms with Crippen LogP contribution in [-0.2, 0) is 70.5 Å². The number of nitrogens with zero attached hydrogens (tertiary/aromatic N) is 8. The number of amides is 4. The van der Waals surface area contributed by atoms with Gasteiger partial charge in [0.1, 0.15) is 20.0 Å². The lowest BCUT2D eigenvalue weighted by Gasteiger charge is -2.29. The molecule has 16 nitrogen and oxygen atoms in total. The first-order valence-electron chi connectivity index (χ1n) is 27.1. The summed E-state index contributed by atoms with van der Waals surface area (Å²) >= 11 is 9.48. The first kappa shape index (κ1) is 52.0. The monoisotopic (exact) mass is 1130 g/mol. The first-order chi connectivity index (χ1) is 37.2. The Morgan fingerprint density at radius 1 is 0.461 bits per heavy atom. The molecule has 398 valence electrons. The van der Waals surface area contributed by atoms with E-state index < -0.39 is 0 Å². The Morgan fingerprint density at radius 2 is 0.947 bits per heavy atom. The van der Waals surface area contributed by atoms with Gasteiger partial charge in [0.05, 0.1) is 0 Å². The summed E-state index contributed by atoms with van der Waals surface area (Å²) in [5.74, 6) is 6.20. The second-order valence-corrected chi connectivity index (χ2v) is 28.3. The lowest BCUT2D eigenvalue weighted by atomic mass is 9.76. The predicted molar refractivity (Wildman–Crippen MR) is 304 cm³/mol. The number of rotatable bonds is 21. The molecule has 0 radical (unpaired) electrons. The minimum Gasteiger partial charge on any atom is -0.300 e. The molecule has 12 rings (SSSR count). The molecule has 6 aromatic rings. The van der Waals surface area contributed by atoms with Crippen molar-refractivity contribution in [3.63, 3.8) is 0 Å². The van der Waals surface area contributed by atoms with E-state index in [1.54, 1.807) is 0 Å². The van der Waals surface area contributed by atoms with Crippen LogP contribution >= 0.6 is 68.9 Å². The number of anilines is 4. The van der Waals surface area contributed by atoms with E-state index in [4.69, 9.17) is 0 Å². The molecule has 4 saturated carbocycles. The Labute approximate surface area is 466 Å². The van der Waals surface area contributed by atoms with Crippen molar-refractivity contribution in [2.75, 3.05) is 44.3 Å². The molecule has 4 aromatic heterocycles. The molecule has 4 N–H and O–H groups in total. The third-order valence-electron chi connectivity index (χ3n) is 16.9. The lowest BCUT2D eigenvalue weighted by molar-refractivity contribution is -0.122. The SMILES string of the molecule is O=C(Nc1nnc(CCSCCc2nnc(NC(=O)C3CCc4ccc(C5CC6CC5CC6C(=O)Nc5nnc(CCSCCc6nnc(NC(=O)C7CC8CCC7C8)s6)s5)cc4C3)s2)s1)C1CCc2ccccc2C1. The number of nitrogens with one attached hydrogen (secondary N) is 4. The number of carbonyl (C=O) groups is 4. The Bertz CT molecular complexity index is 3070. The van der Waals surface area contributed by atoms with Gasteiger partial charge < -0.3 is 21.3 Å². The highest BCUT2D eigenvalue weighted by molar-refractivity contribution is 7.99. The fraction of sp³-hybridized carbons (Fsp3) is 0.556. The molecule has 9 unspecified atom stereocenters. The fourth-order valence-corrected chi connectivity index (χ4v) is 18.2. The van der Waals surface area contributed by atoms with Crippen LogP contribution in [0, 0.1) is 47.3 Å². The molecule has 4 amide bonds. The van der Waals surface area contributed by atoms with Crippen LogP contribution in [0.5, 0.6) is 0 Å². The molecule has 4 bridgehead atoms. The van der Waals surface area contributed by atoms with E-state index in [1.165, 1.54) is 92.4 Å². The molecular weight excluding hydrogens is 1070 g/mol. The number of benzene rings is 2. The van der Waals surface area contributed by atoms with Crippen molar-refractivity contribution in [2.24, 2.45) is 47.3 Å². The van der Waals surface area contributed by atoms with E-state index in [2.05, 4.69) is 98.5 Å². The molecule has 0 spiro atoms. The van der Waals surface area contributed by atoms with Gasteiger partial charge in [0, 0.05) is 49.4 Å². The maximum atomic E-state index is 13.6. The second kappa shape index (κ2) is 23.7. The number of thioether (sulfide) groups is 2. The highest BCUT2D eigenvalue weighted by atomic mass is 32.2. The van der Waals surface area contributed by atoms with E-state index in [1.807, 2.05) is 29.6 Å². The zero-order valence-corrected chi connectivity index (χ0v) is 47.1. The highest BCUT2D eigenvalue weighted by Crippen LogP contribution is 2.56. The van der Waals surface area contributed by atoms with Gasteiger partial charge in [-0.3, -0.25) is 19.2 Å². The Kier molecular flexibility index (Phi) is 16.2. The quantitative estimate of drug-likeness (QED) is 0.0493. The summed E-state index contributed by atoms with van der Waals surface area (Å²) in [7, 11) is 0. The van der Waals surface area contributed by atoms with Crippen LogP contribution in [0.1, 0.15) is 112 Å². The van der Waals surface area contributed by atoms with Crippen LogP contribution in [0.4, 0.5) is 20.5 Å². The number of hydrogen-bond acceptors (Lipinski definition) is 18. The second-order valence-electron chi connectivity index (χ2n) is 21.6. The van der Waals surface area contributed by atoms with Gasteiger partial charge in [0.2, 0.25) is 44.2 Å². The number of fused-ring (bicyclic) bond motifs is 6. The molecule has 22 heteroatoms. The molecule has 6 aliphatic rings. The fourth-order valence-electron chi connectivity index (χ4n) is 13.0. The van der Waals surface area contributed by atoms with Crippen LogP contribution in [0.15, 0.2) is 42.5 Å². The van der Waals surface area contributed by atoms with E-state index in [0.717, 1.165) is 132 Å². The van der Waals surface area contributed by atoms with Crippen molar-refractivity contribution in [2.45, 2.75) is 115 Å². The van der Waals surface area contributed by atoms with E-state index in [9.17, 15) is 19.2 Å². The molecule has 4 heterocycles. The highest BCUT2D eigenvalue weighted by Gasteiger charge is 2.49. The van der Waals surface area contributed by atoms with Gasteiger partial charge in [-0.25, -0.2) is 0 Å². The summed E-state index contributed by atoms with van der Waals surface area (Å²) in [6.45, 7) is 0. The lowest BCUT2D eigenvalue weighted by Crippen LogP contribution is -2.29. The molecule has 6 aliphatic carbocycles. The number of carbonyl (C=O) groups excluding carboxylic acids is 4. The van der Waals surface area contributed by atoms with Crippen molar-refractivity contribution in [3.05, 3.63) is 90.3 Å². The average molecular weight is 1140 g/mol. The molecular formula is C54H62N12O4S6. The number of aryl methyl sites for hydroxylation is 6. The largest absolute Gasteiger partial charge is 0.300 e. The molecule has 76 heavy (non-hydrogen) atoms. The van der Waals surface area contributed by atoms with Crippen LogP contribution in [0.25, 0.3) is 0 Å². The van der Waals surface area contributed by atoms with Crippen molar-refractivity contribution in [3.8, 4) is 0 Å². The van der Waals surface area contributed by atoms with E-state index in [-0.39, 0.29) is 47.3 Å². The molecule has 4 fully saturated rings. The zero-order chi connectivity index (χ0) is 51.5. The topological polar surface area (TPSA) is 220 Å². The summed E-state index contributed by atoms with van der Waals surface area (Å²) in [4.78, 5) is 53.0. The summed E-state index contributed by atoms with van der Waals surface area (Å²) in [5.41, 5.74) is 6.53. The van der Waals surface area contributed by atoms with Gasteiger partial charge in [-0.15, -0.1) is 40.8 Å². The minimum absolute atomic E-state index is 0.00333. The van der Waals surface area contributed by atoms with Gasteiger partial charge in [-0.2, -0.15) is 23.5 Å². The van der Waals surface area contributed by atoms with Gasteiger partial charge in [-0.1, -0.05) is 94.2 Å². The minimum atomic E-state index is -0.129. The molecule has 0 aliphatic heterocycles. The first-order valence-corrected chi connectivity index (χ1v) is 32.6. The van der Waals surface area contributed by atoms with Crippen molar-refractivity contribution < 1.29 is 19.2 Å². The maximum Gasteiger partial charge on any atom is 0.229 e. The molecule has 9 atom stereocenters. The molecule has 2 aromatic carbocycles. The Balaban J connectivity index is 0.531. The summed E-state index contributed by atoms with van der Waals surface area (Å²) < 4.78 is 0. The van der Waals surface area contributed by atoms with Crippen LogP contribution < -0.4 is 21.3 Å². The van der Waals surface area contributed by atoms with Gasteiger partial charge in [-0.05, 0) is 157 Å². The summed E-state index contributed by atoms with van der Waals surface area (Å²) in [5, 5.41) is 52.7. The van der Waals surface area contributed by atoms with Gasteiger partial charge >= 0.3 is 0 Å². The van der Waals surface area contributed by atoms with E-state index >= 15 is 0 Å². The summed E-state index contributed by atoms with van der Waals surface area (Å²) in [6, 6.07) is 15.3. The predicted octanol–water partition coefficient (Wildman–Crippen LogP) is 9.76. The van der Waals surface area contributed by atoms with Crippen LogP contribution in [0.3, 0.4) is 0 Å². The maximum absolute atomic E-state index is 13.6. The van der Waals surface area contributed by atoms with E-state index in [0.29, 0.717) is 50.6 Å². The van der Waals surface area contributed by atoms with Crippen molar-refractivity contribution in [1.29, 1.82) is 0 Å².